The molecular formula is C61H61B3N2O10. The van der Waals surface area contributed by atoms with Crippen LogP contribution in [0, 0.1) is 6.92 Å². The fraction of sp³-hybridized carbons (Fsp3) is 0.213. The summed E-state index contributed by atoms with van der Waals surface area (Å²) >= 11 is 0. The third kappa shape index (κ3) is 11.5. The third-order valence-corrected chi connectivity index (χ3v) is 14.0. The number of hydrogen-bond donors (Lipinski definition) is 4. The van der Waals surface area contributed by atoms with Gasteiger partial charge in [0.1, 0.15) is 11.5 Å². The number of hydrogen-bond acceptors (Lipinski definition) is 10. The van der Waals surface area contributed by atoms with Crippen LogP contribution in [-0.2, 0) is 54.4 Å². The summed E-state index contributed by atoms with van der Waals surface area (Å²) in [5, 5.41) is 46.4. The zero-order chi connectivity index (χ0) is 53.7. The molecule has 0 fully saturated rings. The first-order valence-electron chi connectivity index (χ1n) is 25.3. The molecule has 0 aromatic heterocycles. The molecule has 0 atom stereocenters. The summed E-state index contributed by atoms with van der Waals surface area (Å²) < 4.78 is 23.3. The molecule has 2 amide bonds. The highest BCUT2D eigenvalue weighted by atomic mass is 16.5. The Morgan fingerprint density at radius 2 is 0.921 bits per heavy atom. The van der Waals surface area contributed by atoms with E-state index in [0.717, 1.165) is 87.6 Å². The van der Waals surface area contributed by atoms with Crippen LogP contribution >= 0.6 is 0 Å². The maximum absolute atomic E-state index is 14.8. The van der Waals surface area contributed by atoms with Crippen molar-refractivity contribution >= 4 is 82.9 Å². The molecule has 0 aliphatic heterocycles. The van der Waals surface area contributed by atoms with Gasteiger partial charge >= 0.3 is 22.5 Å². The number of carbonyl (C=O) groups excluding carboxylic acids is 2. The van der Waals surface area contributed by atoms with Gasteiger partial charge in [-0.1, -0.05) is 142 Å². The van der Waals surface area contributed by atoms with Crippen LogP contribution in [0.2, 0.25) is 0 Å². The average molecular weight is 1010 g/mol. The lowest BCUT2D eigenvalue weighted by Crippen LogP contribution is -2.31. The van der Waals surface area contributed by atoms with Gasteiger partial charge < -0.3 is 48.7 Å². The highest BCUT2D eigenvalue weighted by Crippen LogP contribution is 2.38. The van der Waals surface area contributed by atoms with Crippen LogP contribution in [0.25, 0.3) is 43.1 Å². The van der Waals surface area contributed by atoms with Crippen LogP contribution < -0.4 is 14.8 Å². The van der Waals surface area contributed by atoms with Gasteiger partial charge in [0.25, 0.3) is 11.8 Å². The molecule has 0 aliphatic rings. The van der Waals surface area contributed by atoms with E-state index in [1.807, 2.05) is 81.7 Å². The summed E-state index contributed by atoms with van der Waals surface area (Å²) in [6, 6.07) is 48.7. The van der Waals surface area contributed by atoms with E-state index in [9.17, 15) is 29.7 Å². The standard InChI is InChI=1S/C61H61B3N2O10/c1-38-25-39(27-42(26-38)64(71)72)34-73-36-56-51-21-13-9-17-47(51)55(48-18-10-14-22-52(48)56)33-66(6)60(68)53-24-23-41(30-58(53)61(2,3)4)59(67)65(5)32-54-45-15-7-11-19-49(45)57(50-20-12-8-16-46(50)54)37-74-35-40-28-43(75-62-69)31-44(29-40)76-63-70/h7-31,62-63,69-72H,32-37H2,1-6H3. The molecule has 0 saturated heterocycles. The largest absolute Gasteiger partial charge is 0.539 e. The number of fused-ring (bicyclic) bond motifs is 4. The van der Waals surface area contributed by atoms with Crippen molar-refractivity contribution in [3.63, 3.8) is 0 Å². The van der Waals surface area contributed by atoms with Gasteiger partial charge in [0.2, 0.25) is 0 Å². The predicted octanol–water partition coefficient (Wildman–Crippen LogP) is 8.84. The van der Waals surface area contributed by atoms with E-state index in [1.165, 1.54) is 0 Å². The molecule has 4 N–H and O–H groups in total. The summed E-state index contributed by atoms with van der Waals surface area (Å²) in [5.41, 5.74) is 8.24. The second-order valence-corrected chi connectivity index (χ2v) is 20.4. The van der Waals surface area contributed by atoms with Crippen LogP contribution in [-0.4, -0.2) is 78.3 Å². The monoisotopic (exact) mass is 1010 g/mol. The van der Waals surface area contributed by atoms with Gasteiger partial charge in [-0.25, -0.2) is 0 Å². The molecule has 9 aromatic carbocycles. The lowest BCUT2D eigenvalue weighted by molar-refractivity contribution is 0.0772. The van der Waals surface area contributed by atoms with Crippen molar-refractivity contribution in [3.8, 4) is 11.5 Å². The lowest BCUT2D eigenvalue weighted by Gasteiger charge is -2.27. The molecule has 12 nitrogen and oxygen atoms in total. The van der Waals surface area contributed by atoms with Crippen LogP contribution in [0.4, 0.5) is 0 Å². The van der Waals surface area contributed by atoms with Crippen molar-refractivity contribution in [2.45, 2.75) is 72.6 Å². The first-order valence-corrected chi connectivity index (χ1v) is 25.3. The zero-order valence-corrected chi connectivity index (χ0v) is 43.8. The van der Waals surface area contributed by atoms with Gasteiger partial charge in [-0.15, -0.1) is 0 Å². The fourth-order valence-corrected chi connectivity index (χ4v) is 10.5. The zero-order valence-electron chi connectivity index (χ0n) is 43.8. The molecule has 0 radical (unpaired) electrons. The minimum atomic E-state index is -1.57. The number of ether oxygens (including phenoxy) is 2. The van der Waals surface area contributed by atoms with Crippen molar-refractivity contribution in [2.24, 2.45) is 0 Å². The molecule has 0 unspecified atom stereocenters. The van der Waals surface area contributed by atoms with E-state index < -0.39 is 27.9 Å². The van der Waals surface area contributed by atoms with Crippen LogP contribution in [0.1, 0.15) is 86.0 Å². The van der Waals surface area contributed by atoms with E-state index in [-0.39, 0.29) is 31.6 Å². The molecule has 0 aliphatic carbocycles. The number of rotatable bonds is 19. The molecular weight excluding hydrogens is 953 g/mol. The Kier molecular flexibility index (Phi) is 16.3. The number of carbonyl (C=O) groups is 2. The van der Waals surface area contributed by atoms with Gasteiger partial charge in [-0.3, -0.25) is 9.59 Å². The Hall–Kier alpha value is -7.49. The summed E-state index contributed by atoms with van der Waals surface area (Å²) in [6.07, 6.45) is 0. The second-order valence-electron chi connectivity index (χ2n) is 20.4. The predicted molar refractivity (Wildman–Crippen MR) is 304 cm³/mol. The van der Waals surface area contributed by atoms with E-state index in [1.54, 1.807) is 52.3 Å². The first-order chi connectivity index (χ1) is 36.6. The number of nitrogens with zero attached hydrogens (tertiary/aromatic N) is 2. The van der Waals surface area contributed by atoms with Gasteiger partial charge in [-0.05, 0) is 130 Å². The molecule has 9 aromatic rings. The number of benzene rings is 9. The molecule has 15 heteroatoms. The Morgan fingerprint density at radius 3 is 1.33 bits per heavy atom. The first kappa shape index (κ1) is 53.3. The van der Waals surface area contributed by atoms with Crippen LogP contribution in [0.15, 0.2) is 152 Å². The van der Waals surface area contributed by atoms with Crippen LogP contribution in [0.5, 0.6) is 11.5 Å². The van der Waals surface area contributed by atoms with E-state index in [0.29, 0.717) is 47.8 Å². The quantitative estimate of drug-likeness (QED) is 0.0456. The highest BCUT2D eigenvalue weighted by molar-refractivity contribution is 6.58. The normalized spacial score (nSPS) is 11.6. The van der Waals surface area contributed by atoms with E-state index in [2.05, 4.69) is 69.3 Å². The van der Waals surface area contributed by atoms with Crippen molar-refractivity contribution in [1.29, 1.82) is 0 Å². The van der Waals surface area contributed by atoms with Crippen LogP contribution in [0.3, 0.4) is 0 Å². The maximum Gasteiger partial charge on any atom is 0.504 e. The summed E-state index contributed by atoms with van der Waals surface area (Å²) in [4.78, 5) is 32.9. The topological polar surface area (TPSA) is 158 Å². The Bertz CT molecular complexity index is 3480. The second kappa shape index (κ2) is 23.2. The molecule has 384 valence electrons. The average Bonchev–Trinajstić information content (AvgIpc) is 3.43. The SMILES string of the molecule is Cc1cc(COCc2c3ccccc3c(CN(C)C(=O)c3ccc(C(=O)N(C)Cc4c5ccccc5c(COCc5cc(OBO)cc(OBO)c5)c5ccccc45)cc3C(C)(C)C)c3ccccc23)cc(B(O)O)c1. The van der Waals surface area contributed by atoms with Gasteiger partial charge in [0.15, 0.2) is 0 Å². The molecule has 9 rings (SSSR count). The molecule has 0 saturated carbocycles. The Morgan fingerprint density at radius 1 is 0.513 bits per heavy atom. The minimum absolute atomic E-state index is 0.157. The van der Waals surface area contributed by atoms with Crippen molar-refractivity contribution in [2.75, 3.05) is 14.1 Å². The van der Waals surface area contributed by atoms with Crippen molar-refractivity contribution < 1.29 is 48.5 Å². The maximum atomic E-state index is 14.8. The molecule has 0 heterocycles. The van der Waals surface area contributed by atoms with Gasteiger partial charge in [0, 0.05) is 44.4 Å². The minimum Gasteiger partial charge on any atom is -0.539 e. The lowest BCUT2D eigenvalue weighted by atomic mass is 9.79. The van der Waals surface area contributed by atoms with Crippen molar-refractivity contribution in [1.82, 2.24) is 9.80 Å². The summed E-state index contributed by atoms with van der Waals surface area (Å²) in [5.74, 6) is 0.439. The summed E-state index contributed by atoms with van der Waals surface area (Å²) in [7, 11) is 1.05. The number of aryl methyl sites for hydroxylation is 1. The smallest absolute Gasteiger partial charge is 0.504 e. The Labute approximate surface area is 444 Å². The molecule has 0 spiro atoms. The molecule has 76 heavy (non-hydrogen) atoms. The van der Waals surface area contributed by atoms with E-state index in [4.69, 9.17) is 18.8 Å². The molecule has 0 bridgehead atoms. The number of amides is 2. The highest BCUT2D eigenvalue weighted by Gasteiger charge is 2.28. The fourth-order valence-electron chi connectivity index (χ4n) is 10.5. The van der Waals surface area contributed by atoms with E-state index >= 15 is 0 Å². The van der Waals surface area contributed by atoms with Gasteiger partial charge in [0.05, 0.1) is 26.4 Å². The summed E-state index contributed by atoms with van der Waals surface area (Å²) in [6.45, 7) is 9.82. The van der Waals surface area contributed by atoms with Gasteiger partial charge in [-0.2, -0.15) is 0 Å². The third-order valence-electron chi connectivity index (χ3n) is 14.0. The van der Waals surface area contributed by atoms with Crippen molar-refractivity contribution in [3.05, 3.63) is 207 Å². The Balaban J connectivity index is 0.958.